The molecule has 22 heavy (non-hydrogen) atoms. The first-order chi connectivity index (χ1) is 10.8. The molecule has 0 radical (unpaired) electrons. The van der Waals surface area contributed by atoms with Crippen molar-refractivity contribution in [3.8, 4) is 5.75 Å². The van der Waals surface area contributed by atoms with Crippen LogP contribution in [0.3, 0.4) is 0 Å². The molecular weight excluding hydrogens is 292 g/mol. The molecule has 3 nitrogen and oxygen atoms in total. The first kappa shape index (κ1) is 17.2. The van der Waals surface area contributed by atoms with Gasteiger partial charge in [0.15, 0.2) is 0 Å². The van der Waals surface area contributed by atoms with E-state index in [0.29, 0.717) is 6.54 Å². The number of unbranched alkanes of at least 4 members (excludes halogenated alkanes) is 5. The van der Waals surface area contributed by atoms with Crippen LogP contribution < -0.4 is 10.5 Å². The smallest absolute Gasteiger partial charge is 0.120 e. The van der Waals surface area contributed by atoms with Crippen molar-refractivity contribution in [2.24, 2.45) is 5.73 Å². The Labute approximate surface area is 139 Å². The van der Waals surface area contributed by atoms with Gasteiger partial charge in [0.05, 0.1) is 6.61 Å². The van der Waals surface area contributed by atoms with Gasteiger partial charge >= 0.3 is 0 Å². The van der Waals surface area contributed by atoms with E-state index in [-0.39, 0.29) is 0 Å². The largest absolute Gasteiger partial charge is 0.494 e. The van der Waals surface area contributed by atoms with E-state index < -0.39 is 0 Å². The molecule has 0 aliphatic carbocycles. The van der Waals surface area contributed by atoms with Gasteiger partial charge in [-0.05, 0) is 55.3 Å². The number of hydrogen-bond acceptors (Lipinski definition) is 3. The summed E-state index contributed by atoms with van der Waals surface area (Å²) >= 11 is 4.23. The first-order valence-corrected chi connectivity index (χ1v) is 9.02. The molecule has 4 heteroatoms. The highest BCUT2D eigenvalue weighted by molar-refractivity contribution is 7.80. The van der Waals surface area contributed by atoms with E-state index in [1.54, 1.807) is 0 Å². The van der Waals surface area contributed by atoms with Gasteiger partial charge in [-0.3, -0.25) is 0 Å². The normalized spacial score (nSPS) is 11.2. The topological polar surface area (TPSA) is 51.0 Å². The molecule has 0 atom stereocenters. The van der Waals surface area contributed by atoms with Crippen molar-refractivity contribution in [2.75, 3.05) is 18.9 Å². The van der Waals surface area contributed by atoms with Crippen molar-refractivity contribution in [2.45, 2.75) is 44.9 Å². The molecule has 2 aromatic rings. The van der Waals surface area contributed by atoms with Crippen LogP contribution in [0.15, 0.2) is 24.4 Å². The van der Waals surface area contributed by atoms with Gasteiger partial charge in [-0.1, -0.05) is 25.7 Å². The van der Waals surface area contributed by atoms with Gasteiger partial charge in [-0.2, -0.15) is 12.6 Å². The molecule has 2 rings (SSSR count). The van der Waals surface area contributed by atoms with Crippen molar-refractivity contribution in [3.05, 3.63) is 30.0 Å². The Balaban J connectivity index is 1.73. The molecule has 1 heterocycles. The quantitative estimate of drug-likeness (QED) is 0.426. The number of thiol groups is 1. The molecule has 3 N–H and O–H groups in total. The highest BCUT2D eigenvalue weighted by atomic mass is 32.1. The summed E-state index contributed by atoms with van der Waals surface area (Å²) in [5, 5.41) is 1.23. The van der Waals surface area contributed by atoms with Crippen LogP contribution in [0.25, 0.3) is 10.9 Å². The van der Waals surface area contributed by atoms with Crippen LogP contribution >= 0.6 is 12.6 Å². The van der Waals surface area contributed by atoms with Crippen LogP contribution in [0, 0.1) is 0 Å². The van der Waals surface area contributed by atoms with E-state index in [9.17, 15) is 0 Å². The second kappa shape index (κ2) is 9.80. The summed E-state index contributed by atoms with van der Waals surface area (Å²) in [4.78, 5) is 3.28. The molecule has 0 aliphatic heterocycles. The van der Waals surface area contributed by atoms with E-state index >= 15 is 0 Å². The standard InChI is InChI=1S/C18H28N2OS/c19-10-9-15-14-20-18-8-7-16(13-17(15)18)21-11-5-3-1-2-4-6-12-22/h7-8,13-14,20,22H,1-6,9-12,19H2. The second-order valence-electron chi connectivity index (χ2n) is 5.75. The molecule has 0 saturated carbocycles. The predicted molar refractivity (Wildman–Crippen MR) is 98.1 cm³/mol. The van der Waals surface area contributed by atoms with Crippen molar-refractivity contribution in [1.29, 1.82) is 0 Å². The maximum atomic E-state index is 5.89. The van der Waals surface area contributed by atoms with Gasteiger partial charge in [-0.25, -0.2) is 0 Å². The van der Waals surface area contributed by atoms with Crippen molar-refractivity contribution < 1.29 is 4.74 Å². The number of rotatable bonds is 11. The summed E-state index contributed by atoms with van der Waals surface area (Å²) in [6.07, 6.45) is 10.5. The molecule has 0 amide bonds. The fourth-order valence-electron chi connectivity index (χ4n) is 2.72. The summed E-state index contributed by atoms with van der Waals surface area (Å²) < 4.78 is 5.89. The minimum Gasteiger partial charge on any atom is -0.494 e. The van der Waals surface area contributed by atoms with E-state index in [1.165, 1.54) is 43.1 Å². The Morgan fingerprint density at radius 2 is 1.82 bits per heavy atom. The van der Waals surface area contributed by atoms with Crippen LogP contribution in [0.5, 0.6) is 5.75 Å². The lowest BCUT2D eigenvalue weighted by atomic mass is 10.1. The van der Waals surface area contributed by atoms with Crippen LogP contribution in [-0.4, -0.2) is 23.9 Å². The highest BCUT2D eigenvalue weighted by Crippen LogP contribution is 2.24. The highest BCUT2D eigenvalue weighted by Gasteiger charge is 2.04. The van der Waals surface area contributed by atoms with Crippen LogP contribution in [0.2, 0.25) is 0 Å². The number of nitrogens with one attached hydrogen (secondary N) is 1. The number of benzene rings is 1. The number of hydrogen-bond donors (Lipinski definition) is 3. The summed E-state index contributed by atoms with van der Waals surface area (Å²) in [5.41, 5.74) is 8.08. The van der Waals surface area contributed by atoms with Gasteiger partial charge in [-0.15, -0.1) is 0 Å². The lowest BCUT2D eigenvalue weighted by Gasteiger charge is -2.07. The lowest BCUT2D eigenvalue weighted by Crippen LogP contribution is -2.02. The molecule has 1 aromatic heterocycles. The van der Waals surface area contributed by atoms with E-state index in [2.05, 4.69) is 29.7 Å². The molecule has 0 bridgehead atoms. The Morgan fingerprint density at radius 3 is 2.59 bits per heavy atom. The van der Waals surface area contributed by atoms with Gasteiger partial charge in [0.2, 0.25) is 0 Å². The zero-order valence-electron chi connectivity index (χ0n) is 13.3. The van der Waals surface area contributed by atoms with Crippen LogP contribution in [-0.2, 0) is 6.42 Å². The third-order valence-electron chi connectivity index (χ3n) is 3.97. The average molecular weight is 321 g/mol. The summed E-state index contributed by atoms with van der Waals surface area (Å²) in [5.74, 6) is 1.97. The van der Waals surface area contributed by atoms with E-state index in [0.717, 1.165) is 36.5 Å². The van der Waals surface area contributed by atoms with Gasteiger partial charge in [0.25, 0.3) is 0 Å². The van der Waals surface area contributed by atoms with Crippen LogP contribution in [0.4, 0.5) is 0 Å². The molecule has 0 spiro atoms. The summed E-state index contributed by atoms with van der Waals surface area (Å²) in [7, 11) is 0. The molecular formula is C18H28N2OS. The number of aromatic nitrogens is 1. The second-order valence-corrected chi connectivity index (χ2v) is 6.20. The summed E-state index contributed by atoms with van der Waals surface area (Å²) in [6.45, 7) is 1.47. The molecule has 122 valence electrons. The maximum Gasteiger partial charge on any atom is 0.120 e. The Hall–Kier alpha value is -1.13. The fraction of sp³-hybridized carbons (Fsp3) is 0.556. The van der Waals surface area contributed by atoms with E-state index in [1.807, 2.05) is 12.3 Å². The Morgan fingerprint density at radius 1 is 1.05 bits per heavy atom. The van der Waals surface area contributed by atoms with Gasteiger partial charge < -0.3 is 15.5 Å². The van der Waals surface area contributed by atoms with E-state index in [4.69, 9.17) is 10.5 Å². The third-order valence-corrected chi connectivity index (χ3v) is 4.29. The number of aromatic amines is 1. The Bertz CT molecular complexity index is 553. The number of H-pyrrole nitrogens is 1. The zero-order valence-corrected chi connectivity index (χ0v) is 14.2. The Kier molecular flexibility index (Phi) is 7.67. The lowest BCUT2D eigenvalue weighted by molar-refractivity contribution is 0.305. The van der Waals surface area contributed by atoms with Crippen molar-refractivity contribution in [3.63, 3.8) is 0 Å². The predicted octanol–water partition coefficient (Wildman–Crippen LogP) is 4.32. The minimum absolute atomic E-state index is 0.672. The third kappa shape index (κ3) is 5.25. The number of nitrogens with two attached hydrogens (primary N) is 1. The van der Waals surface area contributed by atoms with Gasteiger partial charge in [0, 0.05) is 17.1 Å². The molecule has 0 unspecified atom stereocenters. The van der Waals surface area contributed by atoms with Crippen molar-refractivity contribution >= 4 is 23.5 Å². The maximum absolute atomic E-state index is 5.89. The summed E-state index contributed by atoms with van der Waals surface area (Å²) in [6, 6.07) is 6.25. The number of fused-ring (bicyclic) bond motifs is 1. The minimum atomic E-state index is 0.672. The molecule has 1 aromatic carbocycles. The van der Waals surface area contributed by atoms with Crippen LogP contribution in [0.1, 0.15) is 44.1 Å². The SMILES string of the molecule is NCCc1c[nH]c2ccc(OCCCCCCCCS)cc12. The monoisotopic (exact) mass is 320 g/mol. The zero-order chi connectivity index (χ0) is 15.6. The van der Waals surface area contributed by atoms with Crippen molar-refractivity contribution in [1.82, 2.24) is 4.98 Å². The fourth-order valence-corrected chi connectivity index (χ4v) is 2.94. The molecule has 0 saturated heterocycles. The molecule has 0 fully saturated rings. The molecule has 0 aliphatic rings. The first-order valence-electron chi connectivity index (χ1n) is 8.39. The van der Waals surface area contributed by atoms with Gasteiger partial charge in [0.1, 0.15) is 5.75 Å². The average Bonchev–Trinajstić information content (AvgIpc) is 2.93. The number of ether oxygens (including phenoxy) is 1.